The van der Waals surface area contributed by atoms with Crippen LogP contribution in [0.15, 0.2) is 76.7 Å². The van der Waals surface area contributed by atoms with E-state index in [-0.39, 0.29) is 17.5 Å². The number of thioether (sulfide) groups is 1. The molecule has 0 N–H and O–H groups in total. The summed E-state index contributed by atoms with van der Waals surface area (Å²) in [6.45, 7) is 3.90. The Kier molecular flexibility index (Phi) is 6.30. The maximum absolute atomic E-state index is 13.7. The van der Waals surface area contributed by atoms with Crippen molar-refractivity contribution in [3.8, 4) is 11.4 Å². The lowest BCUT2D eigenvalue weighted by Crippen LogP contribution is -2.40. The van der Waals surface area contributed by atoms with Gasteiger partial charge in [-0.25, -0.2) is 4.98 Å². The average molecular weight is 506 g/mol. The molecule has 0 aliphatic carbocycles. The zero-order valence-electron chi connectivity index (χ0n) is 19.6. The number of carbonyl (C=O) groups excluding carboxylic acids is 1. The summed E-state index contributed by atoms with van der Waals surface area (Å²) in [5.41, 5.74) is 2.90. The molecule has 0 fully saturated rings. The number of hydrogen-bond donors (Lipinski definition) is 0. The van der Waals surface area contributed by atoms with E-state index in [0.717, 1.165) is 17.7 Å². The number of aromatic nitrogens is 2. The number of para-hydroxylation sites is 3. The minimum Gasteiger partial charge on any atom is -0.495 e. The van der Waals surface area contributed by atoms with Gasteiger partial charge < -0.3 is 9.64 Å². The lowest BCUT2D eigenvalue weighted by Gasteiger charge is -2.26. The van der Waals surface area contributed by atoms with Gasteiger partial charge in [-0.05, 0) is 62.2 Å². The Balaban J connectivity index is 1.60. The highest BCUT2D eigenvalue weighted by molar-refractivity contribution is 8.00. The molecule has 0 saturated carbocycles. The summed E-state index contributed by atoms with van der Waals surface area (Å²) in [4.78, 5) is 33.9. The number of methoxy groups -OCH3 is 1. The van der Waals surface area contributed by atoms with E-state index in [2.05, 4.69) is 13.0 Å². The average Bonchev–Trinajstić information content (AvgIpc) is 3.19. The van der Waals surface area contributed by atoms with Crippen molar-refractivity contribution in [3.05, 3.63) is 87.7 Å². The van der Waals surface area contributed by atoms with Crippen LogP contribution in [0.2, 0.25) is 5.02 Å². The third-order valence-corrected chi connectivity index (χ3v) is 7.48. The summed E-state index contributed by atoms with van der Waals surface area (Å²) in [6, 6.07) is 20.3. The molecule has 6 nitrogen and oxygen atoms in total. The zero-order chi connectivity index (χ0) is 24.7. The maximum atomic E-state index is 13.7. The second-order valence-electron chi connectivity index (χ2n) is 8.52. The van der Waals surface area contributed by atoms with Crippen LogP contribution >= 0.6 is 23.4 Å². The number of fused-ring (bicyclic) bond motifs is 2. The Bertz CT molecular complexity index is 1500. The summed E-state index contributed by atoms with van der Waals surface area (Å²) in [5, 5.41) is 0.830. The van der Waals surface area contributed by atoms with Crippen LogP contribution in [0.1, 0.15) is 19.4 Å². The first kappa shape index (κ1) is 23.5. The van der Waals surface area contributed by atoms with Crippen molar-refractivity contribution < 1.29 is 9.53 Å². The van der Waals surface area contributed by atoms with Crippen molar-refractivity contribution >= 4 is 45.9 Å². The van der Waals surface area contributed by atoms with Gasteiger partial charge in [0, 0.05) is 16.8 Å². The molecule has 4 aromatic rings. The molecule has 1 amide bonds. The Morgan fingerprint density at radius 3 is 2.60 bits per heavy atom. The molecule has 0 bridgehead atoms. The largest absolute Gasteiger partial charge is 0.495 e. The fourth-order valence-corrected chi connectivity index (χ4v) is 5.68. The second-order valence-corrected chi connectivity index (χ2v) is 10.3. The quantitative estimate of drug-likeness (QED) is 0.264. The molecule has 1 aliphatic heterocycles. The Morgan fingerprint density at radius 1 is 1.11 bits per heavy atom. The summed E-state index contributed by atoms with van der Waals surface area (Å²) >= 11 is 7.45. The number of rotatable bonds is 5. The summed E-state index contributed by atoms with van der Waals surface area (Å²) < 4.78 is 7.05. The SMILES string of the molecule is COc1ccccc1-n1c(S[C@H](C)C(=O)N2c3ccccc3C[C@@H]2C)nc2cc(Cl)ccc2c1=O. The van der Waals surface area contributed by atoms with Crippen LogP contribution < -0.4 is 15.2 Å². The van der Waals surface area contributed by atoms with Crippen molar-refractivity contribution in [1.82, 2.24) is 9.55 Å². The molecular formula is C27H24ClN3O3S. The monoisotopic (exact) mass is 505 g/mol. The number of carbonyl (C=O) groups is 1. The van der Waals surface area contributed by atoms with Gasteiger partial charge >= 0.3 is 0 Å². The van der Waals surface area contributed by atoms with Gasteiger partial charge in [-0.1, -0.05) is 53.7 Å². The Hall–Kier alpha value is -3.29. The molecule has 35 heavy (non-hydrogen) atoms. The molecule has 178 valence electrons. The van der Waals surface area contributed by atoms with Crippen LogP contribution in [-0.2, 0) is 11.2 Å². The maximum Gasteiger partial charge on any atom is 0.266 e. The van der Waals surface area contributed by atoms with Gasteiger partial charge in [0.05, 0.1) is 29.0 Å². The van der Waals surface area contributed by atoms with Crippen LogP contribution in [0.4, 0.5) is 5.69 Å². The highest BCUT2D eigenvalue weighted by Gasteiger charge is 2.34. The molecule has 1 aliphatic rings. The Morgan fingerprint density at radius 2 is 1.83 bits per heavy atom. The van der Waals surface area contributed by atoms with E-state index < -0.39 is 5.25 Å². The normalized spacial score (nSPS) is 15.8. The van der Waals surface area contributed by atoms with Gasteiger partial charge in [0.25, 0.3) is 5.56 Å². The predicted octanol–water partition coefficient (Wildman–Crippen LogP) is 5.51. The predicted molar refractivity (Wildman–Crippen MR) is 141 cm³/mol. The lowest BCUT2D eigenvalue weighted by atomic mass is 10.1. The molecule has 0 radical (unpaired) electrons. The fourth-order valence-electron chi connectivity index (χ4n) is 4.55. The number of benzene rings is 3. The van der Waals surface area contributed by atoms with E-state index in [1.54, 1.807) is 37.4 Å². The first-order valence-corrected chi connectivity index (χ1v) is 12.6. The number of hydrogen-bond acceptors (Lipinski definition) is 5. The van der Waals surface area contributed by atoms with E-state index >= 15 is 0 Å². The molecule has 0 spiro atoms. The number of anilines is 1. The smallest absolute Gasteiger partial charge is 0.266 e. The van der Waals surface area contributed by atoms with E-state index in [0.29, 0.717) is 32.5 Å². The Labute approximate surface area is 212 Å². The van der Waals surface area contributed by atoms with E-state index in [1.165, 1.54) is 16.3 Å². The van der Waals surface area contributed by atoms with Gasteiger partial charge in [-0.15, -0.1) is 0 Å². The first-order valence-electron chi connectivity index (χ1n) is 11.3. The van der Waals surface area contributed by atoms with Crippen LogP contribution in [-0.4, -0.2) is 33.9 Å². The lowest BCUT2D eigenvalue weighted by molar-refractivity contribution is -0.118. The topological polar surface area (TPSA) is 64.4 Å². The zero-order valence-corrected chi connectivity index (χ0v) is 21.1. The van der Waals surface area contributed by atoms with Crippen LogP contribution in [0.3, 0.4) is 0 Å². The van der Waals surface area contributed by atoms with Crippen LogP contribution in [0.5, 0.6) is 5.75 Å². The third-order valence-electron chi connectivity index (χ3n) is 6.20. The molecule has 0 saturated heterocycles. The van der Waals surface area contributed by atoms with E-state index in [4.69, 9.17) is 21.3 Å². The van der Waals surface area contributed by atoms with Crippen LogP contribution in [0, 0.1) is 0 Å². The molecule has 5 rings (SSSR count). The minimum atomic E-state index is -0.493. The van der Waals surface area contributed by atoms with Crippen molar-refractivity contribution in [2.75, 3.05) is 12.0 Å². The van der Waals surface area contributed by atoms with Gasteiger partial charge in [-0.3, -0.25) is 14.2 Å². The standard InChI is InChI=1S/C27H24ClN3O3S/c1-16-14-18-8-4-5-9-22(18)30(16)25(32)17(2)35-27-29-21-15-19(28)12-13-20(21)26(33)31(27)23-10-6-7-11-24(23)34-3/h4-13,15-17H,14H2,1-3H3/t16-,17+/m0/s1. The van der Waals surface area contributed by atoms with E-state index in [9.17, 15) is 9.59 Å². The number of nitrogens with zero attached hydrogens (tertiary/aromatic N) is 3. The number of halogens is 1. The van der Waals surface area contributed by atoms with Crippen molar-refractivity contribution in [2.45, 2.75) is 36.7 Å². The van der Waals surface area contributed by atoms with Crippen molar-refractivity contribution in [3.63, 3.8) is 0 Å². The van der Waals surface area contributed by atoms with Gasteiger partial charge in [-0.2, -0.15) is 0 Å². The second kappa shape index (κ2) is 9.40. The molecule has 1 aromatic heterocycles. The van der Waals surface area contributed by atoms with Gasteiger partial charge in [0.2, 0.25) is 5.91 Å². The van der Waals surface area contributed by atoms with Gasteiger partial charge in [0.15, 0.2) is 5.16 Å². The summed E-state index contributed by atoms with van der Waals surface area (Å²) in [5.74, 6) is 0.507. The minimum absolute atomic E-state index is 0.0283. The number of amides is 1. The highest BCUT2D eigenvalue weighted by Crippen LogP contribution is 2.35. The van der Waals surface area contributed by atoms with Crippen molar-refractivity contribution in [2.24, 2.45) is 0 Å². The molecule has 3 aromatic carbocycles. The van der Waals surface area contributed by atoms with Crippen molar-refractivity contribution in [1.29, 1.82) is 0 Å². The molecule has 2 heterocycles. The highest BCUT2D eigenvalue weighted by atomic mass is 35.5. The number of ether oxygens (including phenoxy) is 1. The third kappa shape index (κ3) is 4.19. The first-order chi connectivity index (χ1) is 16.9. The molecule has 8 heteroatoms. The van der Waals surface area contributed by atoms with Crippen LogP contribution in [0.25, 0.3) is 16.6 Å². The molecule has 0 unspecified atom stereocenters. The fraction of sp³-hybridized carbons (Fsp3) is 0.222. The molecular weight excluding hydrogens is 482 g/mol. The van der Waals surface area contributed by atoms with Gasteiger partial charge in [0.1, 0.15) is 5.75 Å². The summed E-state index contributed by atoms with van der Waals surface area (Å²) in [7, 11) is 1.56. The summed E-state index contributed by atoms with van der Waals surface area (Å²) in [6.07, 6.45) is 0.817. The molecule has 2 atom stereocenters. The van der Waals surface area contributed by atoms with E-state index in [1.807, 2.05) is 42.2 Å².